The lowest BCUT2D eigenvalue weighted by Crippen LogP contribution is -2.18. The van der Waals surface area contributed by atoms with Gasteiger partial charge < -0.3 is 5.11 Å². The molecular formula is C12H10BrN5O4. The lowest BCUT2D eigenvalue weighted by molar-refractivity contribution is -0.385. The maximum absolute atomic E-state index is 11.7. The molecule has 9 nitrogen and oxygen atoms in total. The third kappa shape index (κ3) is 3.47. The maximum atomic E-state index is 11.7. The summed E-state index contributed by atoms with van der Waals surface area (Å²) >= 11 is 3.10. The van der Waals surface area contributed by atoms with Crippen LogP contribution in [0.1, 0.15) is 21.7 Å². The number of aromatic amines is 1. The quantitative estimate of drug-likeness (QED) is 0.430. The number of phenols is 1. The Hall–Kier alpha value is -2.75. The molecule has 0 aliphatic carbocycles. The fourth-order valence-corrected chi connectivity index (χ4v) is 2.06. The van der Waals surface area contributed by atoms with E-state index >= 15 is 0 Å². The van der Waals surface area contributed by atoms with Crippen LogP contribution in [0, 0.1) is 17.0 Å². The van der Waals surface area contributed by atoms with Crippen molar-refractivity contribution in [3.8, 4) is 5.75 Å². The van der Waals surface area contributed by atoms with Crippen molar-refractivity contribution in [3.63, 3.8) is 0 Å². The van der Waals surface area contributed by atoms with E-state index in [1.165, 1.54) is 12.1 Å². The van der Waals surface area contributed by atoms with Gasteiger partial charge in [0.05, 0.1) is 11.1 Å². The van der Waals surface area contributed by atoms with Gasteiger partial charge >= 0.3 is 5.69 Å². The standard InChI is InChI=1S/C12H10BrN5O4/c1-6-2-9(16-15-6)12(20)17-14-5-7-3-8(13)4-10(11(7)19)18(21)22/h2-5,19H,1H3,(H,15,16)(H,17,20). The number of hydrazone groups is 1. The smallest absolute Gasteiger partial charge is 0.312 e. The van der Waals surface area contributed by atoms with Gasteiger partial charge in [0.2, 0.25) is 5.75 Å². The van der Waals surface area contributed by atoms with E-state index in [9.17, 15) is 20.0 Å². The van der Waals surface area contributed by atoms with Crippen LogP contribution in [0.5, 0.6) is 5.75 Å². The molecule has 114 valence electrons. The zero-order valence-electron chi connectivity index (χ0n) is 11.2. The van der Waals surface area contributed by atoms with E-state index in [2.05, 4.69) is 36.7 Å². The van der Waals surface area contributed by atoms with Crippen molar-refractivity contribution in [1.29, 1.82) is 0 Å². The highest BCUT2D eigenvalue weighted by molar-refractivity contribution is 9.10. The number of halogens is 1. The number of nitro groups is 1. The number of benzene rings is 1. The van der Waals surface area contributed by atoms with Crippen LogP contribution in [0.2, 0.25) is 0 Å². The van der Waals surface area contributed by atoms with Crippen LogP contribution in [0.4, 0.5) is 5.69 Å². The van der Waals surface area contributed by atoms with Crippen molar-refractivity contribution in [3.05, 3.63) is 49.7 Å². The van der Waals surface area contributed by atoms with E-state index < -0.39 is 22.3 Å². The Morgan fingerprint density at radius 3 is 2.86 bits per heavy atom. The van der Waals surface area contributed by atoms with E-state index in [0.717, 1.165) is 18.0 Å². The number of hydrogen-bond donors (Lipinski definition) is 3. The molecule has 0 radical (unpaired) electrons. The van der Waals surface area contributed by atoms with Gasteiger partial charge in [-0.05, 0) is 19.1 Å². The molecule has 1 amide bonds. The number of phenolic OH excluding ortho intramolecular Hbond substituents is 1. The van der Waals surface area contributed by atoms with E-state index in [4.69, 9.17) is 0 Å². The zero-order valence-corrected chi connectivity index (χ0v) is 12.8. The number of aromatic hydroxyl groups is 1. The molecule has 0 aliphatic heterocycles. The Morgan fingerprint density at radius 2 is 2.27 bits per heavy atom. The first-order valence-electron chi connectivity index (χ1n) is 5.91. The lowest BCUT2D eigenvalue weighted by atomic mass is 10.2. The molecule has 2 aromatic rings. The summed E-state index contributed by atoms with van der Waals surface area (Å²) in [5.74, 6) is -1.09. The van der Waals surface area contributed by atoms with Crippen LogP contribution in [-0.4, -0.2) is 32.3 Å². The summed E-state index contributed by atoms with van der Waals surface area (Å²) in [5.41, 5.74) is 2.69. The summed E-state index contributed by atoms with van der Waals surface area (Å²) in [6.07, 6.45) is 1.10. The molecule has 0 saturated heterocycles. The number of nitrogens with one attached hydrogen (secondary N) is 2. The van der Waals surface area contributed by atoms with Crippen molar-refractivity contribution in [2.24, 2.45) is 5.10 Å². The molecule has 0 aliphatic rings. The minimum atomic E-state index is -0.720. The van der Waals surface area contributed by atoms with Crippen LogP contribution in [-0.2, 0) is 0 Å². The molecule has 2 rings (SSSR count). The molecule has 10 heteroatoms. The van der Waals surface area contributed by atoms with Gasteiger partial charge in [0.25, 0.3) is 5.91 Å². The zero-order chi connectivity index (χ0) is 16.3. The SMILES string of the molecule is Cc1cc(C(=O)NN=Cc2cc(Br)cc([N+](=O)[O-])c2O)n[nH]1. The molecule has 1 heterocycles. The number of carbonyl (C=O) groups is 1. The molecule has 0 atom stereocenters. The average Bonchev–Trinajstić information content (AvgIpc) is 2.88. The highest BCUT2D eigenvalue weighted by Crippen LogP contribution is 2.32. The summed E-state index contributed by atoms with van der Waals surface area (Å²) in [7, 11) is 0. The van der Waals surface area contributed by atoms with Crippen molar-refractivity contribution in [2.45, 2.75) is 6.92 Å². The summed E-state index contributed by atoms with van der Waals surface area (Å²) in [4.78, 5) is 21.8. The lowest BCUT2D eigenvalue weighted by Gasteiger charge is -2.01. The second-order valence-corrected chi connectivity index (χ2v) is 5.17. The fraction of sp³-hybridized carbons (Fsp3) is 0.0833. The van der Waals surface area contributed by atoms with Crippen LogP contribution in [0.25, 0.3) is 0 Å². The molecule has 0 spiro atoms. The number of H-pyrrole nitrogens is 1. The number of rotatable bonds is 4. The third-order valence-corrected chi connectivity index (χ3v) is 3.05. The Morgan fingerprint density at radius 1 is 1.55 bits per heavy atom. The first-order valence-corrected chi connectivity index (χ1v) is 6.70. The Balaban J connectivity index is 2.17. The Bertz CT molecular complexity index is 771. The fourth-order valence-electron chi connectivity index (χ4n) is 1.60. The highest BCUT2D eigenvalue weighted by atomic mass is 79.9. The molecule has 1 aromatic heterocycles. The number of aromatic nitrogens is 2. The minimum absolute atomic E-state index is 0.0829. The van der Waals surface area contributed by atoms with Crippen LogP contribution >= 0.6 is 15.9 Å². The number of aryl methyl sites for hydroxylation is 1. The molecule has 22 heavy (non-hydrogen) atoms. The van der Waals surface area contributed by atoms with Crippen LogP contribution in [0.3, 0.4) is 0 Å². The van der Waals surface area contributed by atoms with Crippen LogP contribution in [0.15, 0.2) is 27.8 Å². The van der Waals surface area contributed by atoms with Gasteiger partial charge in [-0.3, -0.25) is 20.0 Å². The number of nitro benzene ring substituents is 1. The number of hydrogen-bond acceptors (Lipinski definition) is 6. The summed E-state index contributed by atoms with van der Waals surface area (Å²) in [5, 5.41) is 30.6. The summed E-state index contributed by atoms with van der Waals surface area (Å²) < 4.78 is 0.396. The second kappa shape index (κ2) is 6.35. The predicted octanol–water partition coefficient (Wildman–Crippen LogP) is 1.86. The first kappa shape index (κ1) is 15.6. The van der Waals surface area contributed by atoms with E-state index in [0.29, 0.717) is 4.47 Å². The number of carbonyl (C=O) groups excluding carboxylic acids is 1. The molecule has 0 bridgehead atoms. The molecule has 0 unspecified atom stereocenters. The number of nitrogens with zero attached hydrogens (tertiary/aromatic N) is 3. The van der Waals surface area contributed by atoms with Crippen molar-refractivity contribution in [1.82, 2.24) is 15.6 Å². The van der Waals surface area contributed by atoms with Gasteiger partial charge in [0.15, 0.2) is 5.69 Å². The van der Waals surface area contributed by atoms with Gasteiger partial charge in [-0.25, -0.2) is 5.43 Å². The molecule has 1 aromatic carbocycles. The molecule has 0 saturated carbocycles. The van der Waals surface area contributed by atoms with Gasteiger partial charge in [-0.15, -0.1) is 0 Å². The minimum Gasteiger partial charge on any atom is -0.502 e. The summed E-state index contributed by atoms with van der Waals surface area (Å²) in [6.45, 7) is 1.74. The Kier molecular flexibility index (Phi) is 4.51. The van der Waals surface area contributed by atoms with E-state index in [1.54, 1.807) is 6.92 Å². The predicted molar refractivity (Wildman–Crippen MR) is 80.8 cm³/mol. The average molecular weight is 368 g/mol. The molecule has 0 fully saturated rings. The van der Waals surface area contributed by atoms with E-state index in [1.807, 2.05) is 0 Å². The van der Waals surface area contributed by atoms with Crippen molar-refractivity contribution < 1.29 is 14.8 Å². The topological polar surface area (TPSA) is 134 Å². The van der Waals surface area contributed by atoms with Gasteiger partial charge in [0, 0.05) is 21.8 Å². The highest BCUT2D eigenvalue weighted by Gasteiger charge is 2.17. The second-order valence-electron chi connectivity index (χ2n) is 4.26. The molecule has 3 N–H and O–H groups in total. The Labute approximate surface area is 132 Å². The molecular weight excluding hydrogens is 358 g/mol. The van der Waals surface area contributed by atoms with Gasteiger partial charge in [-0.2, -0.15) is 10.2 Å². The van der Waals surface area contributed by atoms with Crippen molar-refractivity contribution in [2.75, 3.05) is 0 Å². The maximum Gasteiger partial charge on any atom is 0.312 e. The van der Waals surface area contributed by atoms with Gasteiger partial charge in [0.1, 0.15) is 0 Å². The summed E-state index contributed by atoms with van der Waals surface area (Å²) in [6, 6.07) is 4.13. The monoisotopic (exact) mass is 367 g/mol. The van der Waals surface area contributed by atoms with E-state index in [-0.39, 0.29) is 11.3 Å². The van der Waals surface area contributed by atoms with Crippen LogP contribution < -0.4 is 5.43 Å². The number of amides is 1. The van der Waals surface area contributed by atoms with Gasteiger partial charge in [-0.1, -0.05) is 15.9 Å². The largest absolute Gasteiger partial charge is 0.502 e. The van der Waals surface area contributed by atoms with Crippen molar-refractivity contribution >= 4 is 33.7 Å². The normalized spacial score (nSPS) is 10.8. The third-order valence-electron chi connectivity index (χ3n) is 2.59. The first-order chi connectivity index (χ1) is 10.4.